The first-order valence-electron chi connectivity index (χ1n) is 6.62. The topological polar surface area (TPSA) is 17.4 Å². The third-order valence-corrected chi connectivity index (χ3v) is 3.97. The van der Waals surface area contributed by atoms with E-state index in [4.69, 9.17) is 4.74 Å². The minimum Gasteiger partial charge on any atom is -0.492 e. The molecular weight excluding hydrogens is 224 g/mol. The molecule has 0 radical (unpaired) electrons. The van der Waals surface area contributed by atoms with Gasteiger partial charge in [0.15, 0.2) is 0 Å². The van der Waals surface area contributed by atoms with E-state index >= 15 is 0 Å². The number of likely N-dealkylation sites (tertiary alicyclic amines) is 1. The monoisotopic (exact) mass is 244 g/mol. The van der Waals surface area contributed by atoms with Crippen LogP contribution in [0.2, 0.25) is 0 Å². The van der Waals surface area contributed by atoms with Gasteiger partial charge in [0.05, 0.1) is 5.52 Å². The number of nitrogens with zero attached hydrogens (tertiary/aromatic N) is 2. The molecule has 1 aromatic carbocycles. The minimum absolute atomic E-state index is 0.578. The molecule has 0 aliphatic carbocycles. The van der Waals surface area contributed by atoms with Crippen LogP contribution < -0.4 is 4.74 Å². The summed E-state index contributed by atoms with van der Waals surface area (Å²) in [5.74, 6) is 0.976. The summed E-state index contributed by atoms with van der Waals surface area (Å²) in [7, 11) is 4.25. The van der Waals surface area contributed by atoms with Crippen molar-refractivity contribution in [3.63, 3.8) is 0 Å². The maximum Gasteiger partial charge on any atom is 0.121 e. The second-order valence-electron chi connectivity index (χ2n) is 5.23. The second kappa shape index (κ2) is 4.65. The summed E-state index contributed by atoms with van der Waals surface area (Å²) in [6, 6.07) is 9.03. The van der Waals surface area contributed by atoms with Gasteiger partial charge in [-0.05, 0) is 50.0 Å². The molecule has 1 fully saturated rings. The molecule has 96 valence electrons. The van der Waals surface area contributed by atoms with E-state index < -0.39 is 0 Å². The molecular formula is C15H20N2O. The van der Waals surface area contributed by atoms with Gasteiger partial charge in [0.1, 0.15) is 12.4 Å². The highest BCUT2D eigenvalue weighted by Crippen LogP contribution is 2.22. The first kappa shape index (κ1) is 11.6. The van der Waals surface area contributed by atoms with Crippen LogP contribution in [0, 0.1) is 0 Å². The van der Waals surface area contributed by atoms with Gasteiger partial charge in [-0.1, -0.05) is 0 Å². The van der Waals surface area contributed by atoms with Crippen molar-refractivity contribution in [3.8, 4) is 5.75 Å². The maximum atomic E-state index is 5.94. The Morgan fingerprint density at radius 2 is 2.17 bits per heavy atom. The molecule has 0 bridgehead atoms. The van der Waals surface area contributed by atoms with E-state index in [1.165, 1.54) is 30.3 Å². The van der Waals surface area contributed by atoms with E-state index in [1.807, 2.05) is 0 Å². The number of aromatic nitrogens is 1. The van der Waals surface area contributed by atoms with Crippen LogP contribution in [0.4, 0.5) is 0 Å². The smallest absolute Gasteiger partial charge is 0.121 e. The number of aryl methyl sites for hydroxylation is 1. The van der Waals surface area contributed by atoms with Crippen LogP contribution in [0.3, 0.4) is 0 Å². The van der Waals surface area contributed by atoms with Crippen molar-refractivity contribution in [1.82, 2.24) is 9.47 Å². The summed E-state index contributed by atoms with van der Waals surface area (Å²) in [6.07, 6.45) is 4.63. The van der Waals surface area contributed by atoms with Crippen molar-refractivity contribution < 1.29 is 4.74 Å². The van der Waals surface area contributed by atoms with Gasteiger partial charge in [-0.3, -0.25) is 0 Å². The summed E-state index contributed by atoms with van der Waals surface area (Å²) in [4.78, 5) is 2.39. The second-order valence-corrected chi connectivity index (χ2v) is 5.23. The summed E-state index contributed by atoms with van der Waals surface area (Å²) >= 11 is 0. The molecule has 3 rings (SSSR count). The molecule has 1 atom stereocenters. The van der Waals surface area contributed by atoms with Crippen LogP contribution in [0.25, 0.3) is 10.9 Å². The Hall–Kier alpha value is -1.48. The van der Waals surface area contributed by atoms with Crippen molar-refractivity contribution in [1.29, 1.82) is 0 Å². The highest BCUT2D eigenvalue weighted by molar-refractivity contribution is 5.81. The Bertz CT molecular complexity index is 546. The predicted octanol–water partition coefficient (Wildman–Crippen LogP) is 2.65. The van der Waals surface area contributed by atoms with Gasteiger partial charge in [-0.25, -0.2) is 0 Å². The number of benzene rings is 1. The SMILES string of the molecule is CN1CCCC1COc1ccc2ccn(C)c2c1. The van der Waals surface area contributed by atoms with Gasteiger partial charge in [0, 0.05) is 25.4 Å². The Morgan fingerprint density at radius 1 is 1.28 bits per heavy atom. The fourth-order valence-electron chi connectivity index (χ4n) is 2.71. The molecule has 0 spiro atoms. The van der Waals surface area contributed by atoms with Crippen LogP contribution in [0.1, 0.15) is 12.8 Å². The van der Waals surface area contributed by atoms with E-state index in [0.717, 1.165) is 12.4 Å². The molecule has 2 heterocycles. The van der Waals surface area contributed by atoms with E-state index in [9.17, 15) is 0 Å². The quantitative estimate of drug-likeness (QED) is 0.826. The van der Waals surface area contributed by atoms with Crippen LogP contribution >= 0.6 is 0 Å². The van der Waals surface area contributed by atoms with Crippen LogP contribution in [0.15, 0.2) is 30.5 Å². The highest BCUT2D eigenvalue weighted by Gasteiger charge is 2.21. The number of likely N-dealkylation sites (N-methyl/N-ethyl adjacent to an activating group) is 1. The lowest BCUT2D eigenvalue weighted by molar-refractivity contribution is 0.198. The highest BCUT2D eigenvalue weighted by atomic mass is 16.5. The Morgan fingerprint density at radius 3 is 2.94 bits per heavy atom. The molecule has 0 saturated carbocycles. The lowest BCUT2D eigenvalue weighted by Crippen LogP contribution is -2.30. The van der Waals surface area contributed by atoms with Crippen LogP contribution in [0.5, 0.6) is 5.75 Å². The van der Waals surface area contributed by atoms with Crippen molar-refractivity contribution in [2.75, 3.05) is 20.2 Å². The fraction of sp³-hybridized carbons (Fsp3) is 0.467. The Kier molecular flexibility index (Phi) is 3.00. The average Bonchev–Trinajstić information content (AvgIpc) is 2.94. The lowest BCUT2D eigenvalue weighted by Gasteiger charge is -2.19. The normalized spacial score (nSPS) is 20.7. The van der Waals surface area contributed by atoms with Gasteiger partial charge in [-0.15, -0.1) is 0 Å². The molecule has 0 amide bonds. The molecule has 1 aromatic heterocycles. The van der Waals surface area contributed by atoms with Gasteiger partial charge in [-0.2, -0.15) is 0 Å². The number of rotatable bonds is 3. The zero-order valence-electron chi connectivity index (χ0n) is 11.1. The first-order valence-corrected chi connectivity index (χ1v) is 6.62. The fourth-order valence-corrected chi connectivity index (χ4v) is 2.71. The van der Waals surface area contributed by atoms with E-state index in [0.29, 0.717) is 6.04 Å². The third kappa shape index (κ3) is 2.10. The predicted molar refractivity (Wildman–Crippen MR) is 74.1 cm³/mol. The van der Waals surface area contributed by atoms with Crippen molar-refractivity contribution in [2.24, 2.45) is 7.05 Å². The van der Waals surface area contributed by atoms with Gasteiger partial charge in [0.25, 0.3) is 0 Å². The minimum atomic E-state index is 0.578. The molecule has 18 heavy (non-hydrogen) atoms. The summed E-state index contributed by atoms with van der Waals surface area (Å²) in [5, 5.41) is 1.27. The van der Waals surface area contributed by atoms with Gasteiger partial charge in [0.2, 0.25) is 0 Å². The standard InChI is InChI=1S/C15H20N2O/c1-16-8-3-4-13(16)11-18-14-6-5-12-7-9-17(2)15(12)10-14/h5-7,9-10,13H,3-4,8,11H2,1-2H3. The van der Waals surface area contributed by atoms with Crippen molar-refractivity contribution in [2.45, 2.75) is 18.9 Å². The molecule has 3 nitrogen and oxygen atoms in total. The first-order chi connectivity index (χ1) is 8.74. The number of ether oxygens (including phenoxy) is 1. The number of hydrogen-bond donors (Lipinski definition) is 0. The Balaban J connectivity index is 1.72. The summed E-state index contributed by atoms with van der Waals surface area (Å²) in [5.41, 5.74) is 1.23. The Labute approximate surface area is 108 Å². The summed E-state index contributed by atoms with van der Waals surface area (Å²) in [6.45, 7) is 2.00. The van der Waals surface area contributed by atoms with E-state index in [1.54, 1.807) is 0 Å². The van der Waals surface area contributed by atoms with E-state index in [-0.39, 0.29) is 0 Å². The van der Waals surface area contributed by atoms with Crippen LogP contribution in [-0.2, 0) is 7.05 Å². The van der Waals surface area contributed by atoms with Crippen molar-refractivity contribution >= 4 is 10.9 Å². The molecule has 2 aromatic rings. The third-order valence-electron chi connectivity index (χ3n) is 3.97. The molecule has 1 aliphatic rings. The largest absolute Gasteiger partial charge is 0.492 e. The molecule has 0 N–H and O–H groups in total. The molecule has 1 aliphatic heterocycles. The molecule has 1 unspecified atom stereocenters. The van der Waals surface area contributed by atoms with Crippen molar-refractivity contribution in [3.05, 3.63) is 30.5 Å². The number of hydrogen-bond acceptors (Lipinski definition) is 2. The van der Waals surface area contributed by atoms with E-state index in [2.05, 4.69) is 54.0 Å². The van der Waals surface area contributed by atoms with Gasteiger partial charge < -0.3 is 14.2 Å². The lowest BCUT2D eigenvalue weighted by atomic mass is 10.2. The maximum absolute atomic E-state index is 5.94. The molecule has 1 saturated heterocycles. The average molecular weight is 244 g/mol. The zero-order chi connectivity index (χ0) is 12.5. The van der Waals surface area contributed by atoms with Crippen LogP contribution in [-0.4, -0.2) is 35.7 Å². The zero-order valence-corrected chi connectivity index (χ0v) is 11.1. The number of fused-ring (bicyclic) bond motifs is 1. The summed E-state index contributed by atoms with van der Waals surface area (Å²) < 4.78 is 8.07. The van der Waals surface area contributed by atoms with Gasteiger partial charge >= 0.3 is 0 Å². The molecule has 3 heteroatoms.